The molecule has 0 saturated carbocycles. The third-order valence-corrected chi connectivity index (χ3v) is 0.753. The third-order valence-electron chi connectivity index (χ3n) is 0.753. The first-order valence-corrected chi connectivity index (χ1v) is 4.45. The largest absolute Gasteiger partial charge is 1.00 e. The Morgan fingerprint density at radius 3 is 1.27 bits per heavy atom. The van der Waals surface area contributed by atoms with Crippen LogP contribution in [0.2, 0.25) is 0 Å². The van der Waals surface area contributed by atoms with Crippen molar-refractivity contribution in [2.24, 2.45) is 0 Å². The van der Waals surface area contributed by atoms with E-state index in [0.29, 0.717) is 0 Å². The average Bonchev–Trinajstić information content (AvgIpc) is 1.94. The van der Waals surface area contributed by atoms with E-state index in [1.165, 1.54) is 0 Å². The van der Waals surface area contributed by atoms with E-state index in [0.717, 1.165) is 0 Å². The van der Waals surface area contributed by atoms with Crippen LogP contribution in [0.15, 0.2) is 0 Å². The van der Waals surface area contributed by atoms with E-state index in [2.05, 4.69) is 9.61 Å². The van der Waals surface area contributed by atoms with E-state index in [1.807, 2.05) is 0 Å². The molecule has 0 spiro atoms. The molecular weight excluding hydrogens is 194 g/mol. The van der Waals surface area contributed by atoms with Crippen molar-refractivity contribution in [1.29, 1.82) is 0 Å². The first-order chi connectivity index (χ1) is 6.10. The second-order valence-electron chi connectivity index (χ2n) is 4.87. The van der Waals surface area contributed by atoms with Gasteiger partial charge in [-0.05, 0) is 41.5 Å². The second kappa shape index (κ2) is 6.92. The molecule has 0 saturated heterocycles. The molecule has 5 nitrogen and oxygen atoms in total. The molecule has 0 heterocycles. The molecule has 0 amide bonds. The van der Waals surface area contributed by atoms with Gasteiger partial charge in [-0.1, -0.05) is 0 Å². The second-order valence-corrected chi connectivity index (χ2v) is 4.87. The van der Waals surface area contributed by atoms with Gasteiger partial charge in [0.1, 0.15) is 0 Å². The van der Waals surface area contributed by atoms with Crippen LogP contribution in [0.3, 0.4) is 0 Å². The van der Waals surface area contributed by atoms with Crippen LogP contribution in [-0.2, 0) is 19.4 Å². The van der Waals surface area contributed by atoms with Crippen molar-refractivity contribution in [2.45, 2.75) is 52.7 Å². The molecular formula is C8H18BLiO5. The van der Waals surface area contributed by atoms with Crippen molar-refractivity contribution in [2.75, 3.05) is 0 Å². The monoisotopic (exact) mass is 212 g/mol. The van der Waals surface area contributed by atoms with Crippen LogP contribution in [0.4, 0.5) is 0 Å². The van der Waals surface area contributed by atoms with Gasteiger partial charge in [0.25, 0.3) is 0 Å². The van der Waals surface area contributed by atoms with Crippen molar-refractivity contribution >= 4 is 7.32 Å². The van der Waals surface area contributed by atoms with Gasteiger partial charge in [0, 0.05) is 0 Å². The Bertz CT molecular complexity index is 147. The molecule has 84 valence electrons. The Labute approximate surface area is 104 Å². The van der Waals surface area contributed by atoms with E-state index in [4.69, 9.17) is 9.78 Å². The van der Waals surface area contributed by atoms with Gasteiger partial charge < -0.3 is 5.02 Å². The van der Waals surface area contributed by atoms with Gasteiger partial charge in [0.15, 0.2) is 0 Å². The van der Waals surface area contributed by atoms with Crippen LogP contribution in [0.25, 0.3) is 0 Å². The van der Waals surface area contributed by atoms with Crippen molar-refractivity contribution < 1.29 is 43.3 Å². The number of hydrogen-bond acceptors (Lipinski definition) is 5. The van der Waals surface area contributed by atoms with Crippen molar-refractivity contribution in [3.8, 4) is 0 Å². The third kappa shape index (κ3) is 14.5. The van der Waals surface area contributed by atoms with E-state index in [9.17, 15) is 5.02 Å². The summed E-state index contributed by atoms with van der Waals surface area (Å²) >= 11 is 0. The van der Waals surface area contributed by atoms with Crippen LogP contribution in [-0.4, -0.2) is 18.5 Å². The van der Waals surface area contributed by atoms with Gasteiger partial charge in [-0.25, -0.2) is 9.78 Å². The fraction of sp³-hybridized carbons (Fsp3) is 1.00. The standard InChI is InChI=1S/C8H18BO5.Li/c1-7(2,3)11-13-9(10)14-12-8(4,5)6;/h1-6H3;/q-1;+1. The Hall–Kier alpha value is 0.462. The molecule has 0 aliphatic heterocycles. The summed E-state index contributed by atoms with van der Waals surface area (Å²) < 4.78 is 0. The molecule has 7 heteroatoms. The Morgan fingerprint density at radius 1 is 0.800 bits per heavy atom. The zero-order valence-electron chi connectivity index (χ0n) is 10.6. The Morgan fingerprint density at radius 2 is 1.07 bits per heavy atom. The van der Waals surface area contributed by atoms with E-state index in [1.54, 1.807) is 41.5 Å². The summed E-state index contributed by atoms with van der Waals surface area (Å²) in [7, 11) is -1.80. The summed E-state index contributed by atoms with van der Waals surface area (Å²) in [6.07, 6.45) is 0. The first kappa shape index (κ1) is 17.8. The summed E-state index contributed by atoms with van der Waals surface area (Å²) in [5, 5.41) is 10.9. The maximum absolute atomic E-state index is 10.9. The fourth-order valence-corrected chi connectivity index (χ4v) is 0.383. The quantitative estimate of drug-likeness (QED) is 0.301. The van der Waals surface area contributed by atoms with Gasteiger partial charge in [-0.2, -0.15) is 0 Å². The minimum atomic E-state index is -1.80. The van der Waals surface area contributed by atoms with Crippen LogP contribution in [0, 0.1) is 0 Å². The summed E-state index contributed by atoms with van der Waals surface area (Å²) in [5.74, 6) is 0. The molecule has 0 aromatic carbocycles. The van der Waals surface area contributed by atoms with Gasteiger partial charge in [0.2, 0.25) is 0 Å². The van der Waals surface area contributed by atoms with Gasteiger partial charge in [-0.3, -0.25) is 9.61 Å². The molecule has 0 unspecified atom stereocenters. The van der Waals surface area contributed by atoms with Crippen LogP contribution >= 0.6 is 0 Å². The predicted molar refractivity (Wildman–Crippen MR) is 49.6 cm³/mol. The minimum Gasteiger partial charge on any atom is -0.828 e. The van der Waals surface area contributed by atoms with Gasteiger partial charge in [-0.15, -0.1) is 0 Å². The summed E-state index contributed by atoms with van der Waals surface area (Å²) in [6.45, 7) is 10.5. The van der Waals surface area contributed by atoms with Crippen molar-refractivity contribution in [3.63, 3.8) is 0 Å². The number of hydrogen-bond donors (Lipinski definition) is 0. The van der Waals surface area contributed by atoms with E-state index >= 15 is 0 Å². The molecule has 0 fully saturated rings. The number of rotatable bonds is 4. The minimum absolute atomic E-state index is 0. The fourth-order valence-electron chi connectivity index (χ4n) is 0.383. The summed E-state index contributed by atoms with van der Waals surface area (Å²) in [5.41, 5.74) is -1.10. The zero-order valence-corrected chi connectivity index (χ0v) is 10.6. The van der Waals surface area contributed by atoms with Crippen LogP contribution in [0.1, 0.15) is 41.5 Å². The predicted octanol–water partition coefficient (Wildman–Crippen LogP) is -2.17. The first-order valence-electron chi connectivity index (χ1n) is 4.45. The molecule has 0 aliphatic carbocycles. The maximum Gasteiger partial charge on any atom is 1.00 e. The van der Waals surface area contributed by atoms with Crippen LogP contribution in [0.5, 0.6) is 0 Å². The maximum atomic E-state index is 10.9. The van der Waals surface area contributed by atoms with E-state index < -0.39 is 18.5 Å². The molecule has 0 radical (unpaired) electrons. The SMILES string of the molecule is CC(C)(C)OOB([O-])OOC(C)(C)C.[Li+]. The molecule has 0 bridgehead atoms. The van der Waals surface area contributed by atoms with E-state index in [-0.39, 0.29) is 18.9 Å². The molecule has 0 atom stereocenters. The molecule has 0 aromatic heterocycles. The average molecular weight is 212 g/mol. The normalized spacial score (nSPS) is 12.2. The van der Waals surface area contributed by atoms with Crippen molar-refractivity contribution in [1.82, 2.24) is 0 Å². The van der Waals surface area contributed by atoms with Crippen LogP contribution < -0.4 is 23.9 Å². The topological polar surface area (TPSA) is 60.0 Å². The molecule has 0 aromatic rings. The van der Waals surface area contributed by atoms with Crippen molar-refractivity contribution in [3.05, 3.63) is 0 Å². The smallest absolute Gasteiger partial charge is 0.828 e. The summed E-state index contributed by atoms with van der Waals surface area (Å²) in [6, 6.07) is 0. The zero-order chi connectivity index (χ0) is 11.4. The molecule has 0 rings (SSSR count). The van der Waals surface area contributed by atoms with Gasteiger partial charge >= 0.3 is 26.2 Å². The van der Waals surface area contributed by atoms with Gasteiger partial charge in [0.05, 0.1) is 11.2 Å². The Balaban J connectivity index is 0. The Kier molecular flexibility index (Phi) is 8.23. The summed E-state index contributed by atoms with van der Waals surface area (Å²) in [4.78, 5) is 18.3. The molecule has 0 aliphatic rings. The molecule has 15 heavy (non-hydrogen) atoms. The molecule has 0 N–H and O–H groups in total.